The van der Waals surface area contributed by atoms with E-state index in [0.717, 1.165) is 12.4 Å². The molecule has 5 heteroatoms. The first-order valence-electron chi connectivity index (χ1n) is 5.77. The largest absolute Gasteiger partial charge is 0.476 e. The molecule has 0 amide bonds. The molecule has 16 heavy (non-hydrogen) atoms. The maximum atomic E-state index is 6.02. The molecule has 1 aliphatic rings. The fraction of sp³-hybridized carbons (Fsp3) is 0.636. The van der Waals surface area contributed by atoms with E-state index in [1.165, 1.54) is 19.2 Å². The maximum absolute atomic E-state index is 6.02. The van der Waals surface area contributed by atoms with Crippen molar-refractivity contribution >= 4 is 11.5 Å². The number of nitrogen functional groups attached to an aromatic ring is 1. The molecule has 0 unspecified atom stereocenters. The van der Waals surface area contributed by atoms with Crippen molar-refractivity contribution in [1.29, 1.82) is 0 Å². The zero-order chi connectivity index (χ0) is 11.5. The molecule has 88 valence electrons. The number of nitrogens with zero attached hydrogens (tertiary/aromatic N) is 3. The average molecular weight is 222 g/mol. The first kappa shape index (κ1) is 11.0. The molecule has 0 saturated heterocycles. The van der Waals surface area contributed by atoms with E-state index in [9.17, 15) is 0 Å². The summed E-state index contributed by atoms with van der Waals surface area (Å²) < 4.78 is 5.37. The SMILES string of the molecule is CCOc1ncnc(N(CC)C2CC2)c1N. The van der Waals surface area contributed by atoms with Gasteiger partial charge in [0, 0.05) is 12.6 Å². The molecule has 0 atom stereocenters. The third-order valence-electron chi connectivity index (χ3n) is 2.71. The maximum Gasteiger partial charge on any atom is 0.242 e. The van der Waals surface area contributed by atoms with Crippen LogP contribution >= 0.6 is 0 Å². The Morgan fingerprint density at radius 2 is 2.19 bits per heavy atom. The Kier molecular flexibility index (Phi) is 3.12. The number of hydrogen-bond donors (Lipinski definition) is 1. The van der Waals surface area contributed by atoms with E-state index in [-0.39, 0.29) is 0 Å². The van der Waals surface area contributed by atoms with Crippen molar-refractivity contribution in [3.05, 3.63) is 6.33 Å². The molecule has 1 aliphatic carbocycles. The summed E-state index contributed by atoms with van der Waals surface area (Å²) in [6.07, 6.45) is 3.96. The van der Waals surface area contributed by atoms with Crippen LogP contribution in [0.3, 0.4) is 0 Å². The smallest absolute Gasteiger partial charge is 0.242 e. The minimum absolute atomic E-state index is 0.492. The van der Waals surface area contributed by atoms with Gasteiger partial charge in [-0.25, -0.2) is 4.98 Å². The third-order valence-corrected chi connectivity index (χ3v) is 2.71. The molecule has 0 aliphatic heterocycles. The van der Waals surface area contributed by atoms with Crippen LogP contribution in [-0.2, 0) is 0 Å². The van der Waals surface area contributed by atoms with Crippen LogP contribution in [0.2, 0.25) is 0 Å². The van der Waals surface area contributed by atoms with Gasteiger partial charge >= 0.3 is 0 Å². The topological polar surface area (TPSA) is 64.3 Å². The molecule has 0 bridgehead atoms. The molecule has 5 nitrogen and oxygen atoms in total. The molecule has 1 heterocycles. The number of anilines is 2. The monoisotopic (exact) mass is 222 g/mol. The molecule has 0 spiro atoms. The lowest BCUT2D eigenvalue weighted by atomic mass is 10.4. The van der Waals surface area contributed by atoms with Gasteiger partial charge < -0.3 is 15.4 Å². The van der Waals surface area contributed by atoms with Crippen molar-refractivity contribution in [2.24, 2.45) is 0 Å². The predicted molar refractivity (Wildman–Crippen MR) is 63.7 cm³/mol. The van der Waals surface area contributed by atoms with Gasteiger partial charge in [-0.2, -0.15) is 4.98 Å². The van der Waals surface area contributed by atoms with Crippen LogP contribution in [0.4, 0.5) is 11.5 Å². The minimum atomic E-state index is 0.492. The number of hydrogen-bond acceptors (Lipinski definition) is 5. The minimum Gasteiger partial charge on any atom is -0.476 e. The number of aromatic nitrogens is 2. The Morgan fingerprint density at radius 3 is 2.75 bits per heavy atom. The predicted octanol–water partition coefficient (Wildman–Crippen LogP) is 1.45. The van der Waals surface area contributed by atoms with Gasteiger partial charge in [0.05, 0.1) is 6.61 Å². The van der Waals surface area contributed by atoms with Crippen molar-refractivity contribution < 1.29 is 4.74 Å². The van der Waals surface area contributed by atoms with Crippen molar-refractivity contribution in [1.82, 2.24) is 9.97 Å². The summed E-state index contributed by atoms with van der Waals surface area (Å²) in [5, 5.41) is 0. The molecule has 1 saturated carbocycles. The first-order chi connectivity index (χ1) is 7.77. The fourth-order valence-electron chi connectivity index (χ4n) is 1.82. The van der Waals surface area contributed by atoms with Gasteiger partial charge in [0.1, 0.15) is 12.0 Å². The van der Waals surface area contributed by atoms with Crippen molar-refractivity contribution in [3.63, 3.8) is 0 Å². The van der Waals surface area contributed by atoms with Gasteiger partial charge in [-0.3, -0.25) is 0 Å². The van der Waals surface area contributed by atoms with E-state index in [4.69, 9.17) is 10.5 Å². The zero-order valence-electron chi connectivity index (χ0n) is 9.81. The van der Waals surface area contributed by atoms with Crippen LogP contribution in [0.15, 0.2) is 6.33 Å². The summed E-state index contributed by atoms with van der Waals surface area (Å²) in [5.74, 6) is 1.30. The molecular formula is C11H18N4O. The molecule has 0 radical (unpaired) electrons. The number of rotatable bonds is 5. The Bertz CT molecular complexity index is 365. The van der Waals surface area contributed by atoms with Gasteiger partial charge in [0.15, 0.2) is 5.82 Å². The van der Waals surface area contributed by atoms with Crippen molar-refractivity contribution in [2.75, 3.05) is 23.8 Å². The average Bonchev–Trinajstić information content (AvgIpc) is 3.09. The highest BCUT2D eigenvalue weighted by molar-refractivity contribution is 5.68. The van der Waals surface area contributed by atoms with E-state index in [0.29, 0.717) is 24.2 Å². The lowest BCUT2D eigenvalue weighted by Crippen LogP contribution is -2.27. The van der Waals surface area contributed by atoms with E-state index in [1.54, 1.807) is 0 Å². The highest BCUT2D eigenvalue weighted by atomic mass is 16.5. The van der Waals surface area contributed by atoms with Crippen LogP contribution in [0.5, 0.6) is 5.88 Å². The van der Waals surface area contributed by atoms with Gasteiger partial charge in [-0.1, -0.05) is 0 Å². The number of ether oxygens (including phenoxy) is 1. The number of nitrogens with two attached hydrogens (primary N) is 1. The molecule has 0 aromatic carbocycles. The second-order valence-corrected chi connectivity index (χ2v) is 3.87. The summed E-state index contributed by atoms with van der Waals surface area (Å²) in [7, 11) is 0. The molecule has 1 aromatic heterocycles. The lowest BCUT2D eigenvalue weighted by molar-refractivity contribution is 0.328. The second kappa shape index (κ2) is 4.55. The van der Waals surface area contributed by atoms with Gasteiger partial charge in [0.25, 0.3) is 0 Å². The van der Waals surface area contributed by atoms with Gasteiger partial charge in [-0.15, -0.1) is 0 Å². The molecule has 1 fully saturated rings. The summed E-state index contributed by atoms with van der Waals surface area (Å²) in [6, 6.07) is 0.594. The second-order valence-electron chi connectivity index (χ2n) is 3.87. The summed E-state index contributed by atoms with van der Waals surface area (Å²) in [5.41, 5.74) is 6.57. The van der Waals surface area contributed by atoms with Crippen LogP contribution in [0.25, 0.3) is 0 Å². The van der Waals surface area contributed by atoms with E-state index in [1.807, 2.05) is 6.92 Å². The van der Waals surface area contributed by atoms with Gasteiger partial charge in [0.2, 0.25) is 5.88 Å². The Hall–Kier alpha value is -1.52. The highest BCUT2D eigenvalue weighted by Crippen LogP contribution is 2.35. The van der Waals surface area contributed by atoms with Crippen molar-refractivity contribution in [3.8, 4) is 5.88 Å². The Balaban J connectivity index is 2.28. The summed E-state index contributed by atoms with van der Waals surface area (Å²) in [6.45, 7) is 5.51. The van der Waals surface area contributed by atoms with Crippen LogP contribution in [-0.4, -0.2) is 29.2 Å². The van der Waals surface area contributed by atoms with E-state index in [2.05, 4.69) is 21.8 Å². The van der Waals surface area contributed by atoms with Crippen LogP contribution < -0.4 is 15.4 Å². The van der Waals surface area contributed by atoms with E-state index < -0.39 is 0 Å². The van der Waals surface area contributed by atoms with E-state index >= 15 is 0 Å². The van der Waals surface area contributed by atoms with Crippen molar-refractivity contribution in [2.45, 2.75) is 32.7 Å². The normalized spacial score (nSPS) is 14.9. The standard InChI is InChI=1S/C11H18N4O/c1-3-15(8-5-6-8)10-9(12)11(16-4-2)14-7-13-10/h7-8H,3-6,12H2,1-2H3. The van der Waals surface area contributed by atoms with Gasteiger partial charge in [-0.05, 0) is 26.7 Å². The van der Waals surface area contributed by atoms with Crippen LogP contribution in [0, 0.1) is 0 Å². The summed E-state index contributed by atoms with van der Waals surface area (Å²) in [4.78, 5) is 10.5. The first-order valence-corrected chi connectivity index (χ1v) is 5.77. The third kappa shape index (κ3) is 2.03. The summed E-state index contributed by atoms with van der Waals surface area (Å²) >= 11 is 0. The quantitative estimate of drug-likeness (QED) is 0.816. The lowest BCUT2D eigenvalue weighted by Gasteiger charge is -2.23. The molecular weight excluding hydrogens is 204 g/mol. The molecule has 1 aromatic rings. The highest BCUT2D eigenvalue weighted by Gasteiger charge is 2.30. The zero-order valence-corrected chi connectivity index (χ0v) is 9.81. The fourth-order valence-corrected chi connectivity index (χ4v) is 1.82. The Morgan fingerprint density at radius 1 is 1.44 bits per heavy atom. The Labute approximate surface area is 95.6 Å². The van der Waals surface area contributed by atoms with Crippen LogP contribution in [0.1, 0.15) is 26.7 Å². The molecule has 2 rings (SSSR count). The molecule has 2 N–H and O–H groups in total.